The van der Waals surface area contributed by atoms with Crippen LogP contribution in [0.1, 0.15) is 5.76 Å². The van der Waals surface area contributed by atoms with E-state index in [0.29, 0.717) is 0 Å². The second kappa shape index (κ2) is 4.24. The monoisotopic (exact) mass is 258 g/mol. The first kappa shape index (κ1) is 11.3. The van der Waals surface area contributed by atoms with E-state index in [4.69, 9.17) is 4.42 Å². The van der Waals surface area contributed by atoms with Crippen molar-refractivity contribution in [2.75, 3.05) is 0 Å². The normalized spacial score (nSPS) is 11.2. The summed E-state index contributed by atoms with van der Waals surface area (Å²) in [6, 6.07) is 23.3. The standard InChI is InChI=1S/C19H14O/c1-13-12-15-8-5-11-18(19(15)20-13)17-10-4-7-14-6-2-3-9-16(14)17/h2-12H,1H3. The average molecular weight is 258 g/mol. The van der Waals surface area contributed by atoms with Crippen LogP contribution in [0.25, 0.3) is 32.9 Å². The van der Waals surface area contributed by atoms with Gasteiger partial charge in [-0.25, -0.2) is 0 Å². The van der Waals surface area contributed by atoms with Gasteiger partial charge in [-0.2, -0.15) is 0 Å². The molecule has 20 heavy (non-hydrogen) atoms. The smallest absolute Gasteiger partial charge is 0.142 e. The number of furan rings is 1. The van der Waals surface area contributed by atoms with Gasteiger partial charge in [-0.15, -0.1) is 0 Å². The summed E-state index contributed by atoms with van der Waals surface area (Å²) in [6.45, 7) is 1.99. The topological polar surface area (TPSA) is 13.1 Å². The lowest BCUT2D eigenvalue weighted by Gasteiger charge is -2.07. The molecule has 1 heterocycles. The SMILES string of the molecule is Cc1cc2cccc(-c3cccc4ccccc34)c2o1. The van der Waals surface area contributed by atoms with Crippen LogP contribution in [0.3, 0.4) is 0 Å². The first-order valence-electron chi connectivity index (χ1n) is 6.80. The van der Waals surface area contributed by atoms with Crippen molar-refractivity contribution in [2.45, 2.75) is 6.92 Å². The molecule has 96 valence electrons. The van der Waals surface area contributed by atoms with Crippen molar-refractivity contribution in [2.24, 2.45) is 0 Å². The fourth-order valence-corrected chi connectivity index (χ4v) is 2.86. The zero-order valence-corrected chi connectivity index (χ0v) is 11.3. The Labute approximate surface area is 117 Å². The van der Waals surface area contributed by atoms with Crippen LogP contribution in [0.5, 0.6) is 0 Å². The van der Waals surface area contributed by atoms with Gasteiger partial charge in [0.2, 0.25) is 0 Å². The van der Waals surface area contributed by atoms with Gasteiger partial charge in [0.15, 0.2) is 0 Å². The summed E-state index contributed by atoms with van der Waals surface area (Å²) < 4.78 is 5.90. The molecule has 1 heteroatoms. The molecule has 4 aromatic rings. The third-order valence-electron chi connectivity index (χ3n) is 3.75. The van der Waals surface area contributed by atoms with Crippen molar-refractivity contribution >= 4 is 21.7 Å². The van der Waals surface area contributed by atoms with Crippen LogP contribution in [-0.4, -0.2) is 0 Å². The van der Waals surface area contributed by atoms with Crippen molar-refractivity contribution in [1.82, 2.24) is 0 Å². The lowest BCUT2D eigenvalue weighted by molar-refractivity contribution is 0.579. The van der Waals surface area contributed by atoms with E-state index < -0.39 is 0 Å². The highest BCUT2D eigenvalue weighted by Gasteiger charge is 2.10. The number of rotatable bonds is 1. The van der Waals surface area contributed by atoms with Crippen molar-refractivity contribution in [1.29, 1.82) is 0 Å². The molecule has 4 rings (SSSR count). The highest BCUT2D eigenvalue weighted by atomic mass is 16.3. The molecule has 0 saturated heterocycles. The maximum Gasteiger partial charge on any atom is 0.142 e. The van der Waals surface area contributed by atoms with Gasteiger partial charge in [0.05, 0.1) is 0 Å². The van der Waals surface area contributed by atoms with Crippen LogP contribution >= 0.6 is 0 Å². The minimum absolute atomic E-state index is 0.952. The van der Waals surface area contributed by atoms with Gasteiger partial charge in [0.25, 0.3) is 0 Å². The van der Waals surface area contributed by atoms with E-state index in [0.717, 1.165) is 22.3 Å². The van der Waals surface area contributed by atoms with Crippen LogP contribution in [0.15, 0.2) is 71.1 Å². The number of fused-ring (bicyclic) bond motifs is 2. The Morgan fingerprint density at radius 1 is 0.700 bits per heavy atom. The van der Waals surface area contributed by atoms with E-state index in [1.54, 1.807) is 0 Å². The van der Waals surface area contributed by atoms with E-state index in [1.165, 1.54) is 16.3 Å². The quantitative estimate of drug-likeness (QED) is 0.435. The summed E-state index contributed by atoms with van der Waals surface area (Å²) in [5, 5.41) is 3.68. The van der Waals surface area contributed by atoms with E-state index in [2.05, 4.69) is 66.7 Å². The van der Waals surface area contributed by atoms with Gasteiger partial charge in [0, 0.05) is 10.9 Å². The lowest BCUT2D eigenvalue weighted by Crippen LogP contribution is -1.81. The molecule has 0 aliphatic heterocycles. The van der Waals surface area contributed by atoms with E-state index in [9.17, 15) is 0 Å². The third kappa shape index (κ3) is 1.64. The van der Waals surface area contributed by atoms with Crippen molar-refractivity contribution in [3.63, 3.8) is 0 Å². The molecule has 0 aliphatic rings. The summed E-state index contributed by atoms with van der Waals surface area (Å²) in [6.07, 6.45) is 0. The zero-order valence-electron chi connectivity index (χ0n) is 11.3. The average Bonchev–Trinajstić information content (AvgIpc) is 2.87. The first-order chi connectivity index (χ1) is 9.83. The number of benzene rings is 3. The maximum absolute atomic E-state index is 5.90. The second-order valence-electron chi connectivity index (χ2n) is 5.11. The summed E-state index contributed by atoms with van der Waals surface area (Å²) >= 11 is 0. The minimum Gasteiger partial charge on any atom is -0.461 e. The highest BCUT2D eigenvalue weighted by Crippen LogP contribution is 2.34. The molecule has 0 radical (unpaired) electrons. The number of hydrogen-bond acceptors (Lipinski definition) is 1. The van der Waals surface area contributed by atoms with Crippen LogP contribution in [0.4, 0.5) is 0 Å². The molecule has 0 fully saturated rings. The third-order valence-corrected chi connectivity index (χ3v) is 3.75. The summed E-state index contributed by atoms with van der Waals surface area (Å²) in [5.74, 6) is 0.952. The lowest BCUT2D eigenvalue weighted by atomic mass is 9.97. The predicted octanol–water partition coefficient (Wildman–Crippen LogP) is 5.56. The maximum atomic E-state index is 5.90. The fourth-order valence-electron chi connectivity index (χ4n) is 2.86. The Morgan fingerprint density at radius 3 is 2.30 bits per heavy atom. The molecule has 0 bridgehead atoms. The largest absolute Gasteiger partial charge is 0.461 e. The van der Waals surface area contributed by atoms with Crippen LogP contribution in [0, 0.1) is 6.92 Å². The second-order valence-corrected chi connectivity index (χ2v) is 5.11. The van der Waals surface area contributed by atoms with Gasteiger partial charge in [-0.1, -0.05) is 60.7 Å². The van der Waals surface area contributed by atoms with Crippen molar-refractivity contribution in [3.8, 4) is 11.1 Å². The Morgan fingerprint density at radius 2 is 1.40 bits per heavy atom. The van der Waals surface area contributed by atoms with Gasteiger partial charge in [-0.3, -0.25) is 0 Å². The Bertz CT molecular complexity index is 910. The number of hydrogen-bond donors (Lipinski definition) is 0. The van der Waals surface area contributed by atoms with Gasteiger partial charge in [-0.05, 0) is 29.3 Å². The van der Waals surface area contributed by atoms with Crippen molar-refractivity contribution in [3.05, 3.63) is 72.5 Å². The predicted molar refractivity (Wildman–Crippen MR) is 83.9 cm³/mol. The Balaban J connectivity index is 2.11. The van der Waals surface area contributed by atoms with E-state index in [-0.39, 0.29) is 0 Å². The summed E-state index contributed by atoms with van der Waals surface area (Å²) in [5.41, 5.74) is 3.36. The molecule has 0 spiro atoms. The van der Waals surface area contributed by atoms with Crippen LogP contribution in [0.2, 0.25) is 0 Å². The molecule has 0 saturated carbocycles. The summed E-state index contributed by atoms with van der Waals surface area (Å²) in [4.78, 5) is 0. The van der Waals surface area contributed by atoms with Gasteiger partial charge in [0.1, 0.15) is 11.3 Å². The fraction of sp³-hybridized carbons (Fsp3) is 0.0526. The molecule has 0 atom stereocenters. The summed E-state index contributed by atoms with van der Waals surface area (Å²) in [7, 11) is 0. The Kier molecular flexibility index (Phi) is 2.40. The molecular weight excluding hydrogens is 244 g/mol. The van der Waals surface area contributed by atoms with Gasteiger partial charge >= 0.3 is 0 Å². The molecule has 3 aromatic carbocycles. The number of para-hydroxylation sites is 1. The molecule has 1 nitrogen and oxygen atoms in total. The molecule has 0 amide bonds. The molecule has 1 aromatic heterocycles. The van der Waals surface area contributed by atoms with Crippen LogP contribution in [-0.2, 0) is 0 Å². The Hall–Kier alpha value is -2.54. The molecule has 0 N–H and O–H groups in total. The van der Waals surface area contributed by atoms with Crippen molar-refractivity contribution < 1.29 is 4.42 Å². The number of aryl methyl sites for hydroxylation is 1. The zero-order chi connectivity index (χ0) is 13.5. The van der Waals surface area contributed by atoms with Gasteiger partial charge < -0.3 is 4.42 Å². The molecule has 0 aliphatic carbocycles. The van der Waals surface area contributed by atoms with E-state index in [1.807, 2.05) is 6.92 Å². The molecule has 0 unspecified atom stereocenters. The highest BCUT2D eigenvalue weighted by molar-refractivity contribution is 6.03. The first-order valence-corrected chi connectivity index (χ1v) is 6.80. The minimum atomic E-state index is 0.952. The molecular formula is C19H14O. The van der Waals surface area contributed by atoms with Crippen LogP contribution < -0.4 is 0 Å². The van der Waals surface area contributed by atoms with E-state index >= 15 is 0 Å².